The Morgan fingerprint density at radius 2 is 2.00 bits per heavy atom. The van der Waals surface area contributed by atoms with Gasteiger partial charge >= 0.3 is 0 Å². The first-order valence-electron chi connectivity index (χ1n) is 3.05. The highest BCUT2D eigenvalue weighted by Gasteiger charge is 2.02. The zero-order valence-electron chi connectivity index (χ0n) is 6.22. The minimum Gasteiger partial charge on any atom is -0.321 e. The van der Waals surface area contributed by atoms with E-state index in [0.29, 0.717) is 5.75 Å². The number of Topliss-reactive ketones (excluding diaryl/α,β-unsaturated/α-hetero) is 1. The normalized spacial score (nSPS) is 11.2. The van der Waals surface area contributed by atoms with Crippen molar-refractivity contribution < 1.29 is 4.79 Å². The molecule has 0 aromatic heterocycles. The Balaban J connectivity index is 0. The van der Waals surface area contributed by atoms with Gasteiger partial charge in [0, 0.05) is 5.75 Å². The molecule has 56 valence electrons. The number of hydrogen-bond donors (Lipinski definition) is 2. The number of carbonyl (C=O) groups is 1. The van der Waals surface area contributed by atoms with E-state index in [2.05, 4.69) is 12.6 Å². The average molecular weight is 149 g/mol. The van der Waals surface area contributed by atoms with Gasteiger partial charge in [0.1, 0.15) is 5.78 Å². The predicted molar refractivity (Wildman–Crippen MR) is 43.9 cm³/mol. The van der Waals surface area contributed by atoms with E-state index >= 15 is 0 Å². The molecule has 0 fully saturated rings. The minimum atomic E-state index is -0.372. The number of thiol groups is 1. The molecule has 0 aliphatic carbocycles. The van der Waals surface area contributed by atoms with Crippen molar-refractivity contribution >= 4 is 18.4 Å². The van der Waals surface area contributed by atoms with Crippen LogP contribution in [0.4, 0.5) is 0 Å². The van der Waals surface area contributed by atoms with Crippen molar-refractivity contribution in [3.8, 4) is 0 Å². The third-order valence-electron chi connectivity index (χ3n) is 0.719. The summed E-state index contributed by atoms with van der Waals surface area (Å²) in [5, 5.41) is 0. The highest BCUT2D eigenvalue weighted by Crippen LogP contribution is 1.82. The number of rotatable bonds is 2. The van der Waals surface area contributed by atoms with E-state index < -0.39 is 0 Å². The van der Waals surface area contributed by atoms with Gasteiger partial charge in [0.25, 0.3) is 0 Å². The highest BCUT2D eigenvalue weighted by molar-refractivity contribution is 7.80. The second kappa shape index (κ2) is 7.98. The lowest BCUT2D eigenvalue weighted by Gasteiger charge is -1.98. The molecule has 2 N–H and O–H groups in total. The molecular weight excluding hydrogens is 134 g/mol. The molecule has 9 heavy (non-hydrogen) atoms. The van der Waals surface area contributed by atoms with Gasteiger partial charge in [0.2, 0.25) is 0 Å². The van der Waals surface area contributed by atoms with Gasteiger partial charge in [-0.05, 0) is 6.92 Å². The van der Waals surface area contributed by atoms with Crippen LogP contribution in [0, 0.1) is 0 Å². The van der Waals surface area contributed by atoms with Crippen LogP contribution < -0.4 is 5.73 Å². The van der Waals surface area contributed by atoms with Crippen LogP contribution >= 0.6 is 12.6 Å². The van der Waals surface area contributed by atoms with E-state index in [1.165, 1.54) is 6.92 Å². The molecule has 3 heteroatoms. The van der Waals surface area contributed by atoms with Crippen LogP contribution in [0.2, 0.25) is 0 Å². The van der Waals surface area contributed by atoms with E-state index in [9.17, 15) is 4.79 Å². The van der Waals surface area contributed by atoms with Crippen molar-refractivity contribution in [3.63, 3.8) is 0 Å². The molecule has 0 spiro atoms. The summed E-state index contributed by atoms with van der Waals surface area (Å²) in [6, 6.07) is -0.372. The molecule has 0 amide bonds. The molecule has 0 bridgehead atoms. The van der Waals surface area contributed by atoms with Gasteiger partial charge in [0.05, 0.1) is 6.04 Å². The van der Waals surface area contributed by atoms with E-state index in [1.807, 2.05) is 13.8 Å². The van der Waals surface area contributed by atoms with Crippen LogP contribution in [0.1, 0.15) is 20.8 Å². The molecular formula is C6H15NOS. The van der Waals surface area contributed by atoms with Gasteiger partial charge in [-0.1, -0.05) is 13.8 Å². The van der Waals surface area contributed by atoms with Gasteiger partial charge in [-0.15, -0.1) is 0 Å². The fourth-order valence-electron chi connectivity index (χ4n) is 0.129. The first-order chi connectivity index (χ1) is 4.18. The monoisotopic (exact) mass is 149 g/mol. The smallest absolute Gasteiger partial charge is 0.147 e. The quantitative estimate of drug-likeness (QED) is 0.572. The van der Waals surface area contributed by atoms with E-state index in [0.717, 1.165) is 0 Å². The summed E-state index contributed by atoms with van der Waals surface area (Å²) in [7, 11) is 0. The highest BCUT2D eigenvalue weighted by atomic mass is 32.1. The Morgan fingerprint density at radius 3 is 2.00 bits per heavy atom. The Hall–Kier alpha value is -0.0200. The maximum atomic E-state index is 10.2. The Morgan fingerprint density at radius 1 is 1.67 bits per heavy atom. The fraction of sp³-hybridized carbons (Fsp3) is 0.833. The van der Waals surface area contributed by atoms with Gasteiger partial charge < -0.3 is 5.73 Å². The maximum absolute atomic E-state index is 10.2. The van der Waals surface area contributed by atoms with Crippen LogP contribution in [0.3, 0.4) is 0 Å². The van der Waals surface area contributed by atoms with E-state index in [-0.39, 0.29) is 11.8 Å². The first kappa shape index (κ1) is 11.7. The summed E-state index contributed by atoms with van der Waals surface area (Å²) in [6.07, 6.45) is 0. The molecule has 1 atom stereocenters. The van der Waals surface area contributed by atoms with Crippen LogP contribution in [0.15, 0.2) is 0 Å². The SMILES string of the molecule is CC.CC(=O)C(N)CS. The van der Waals surface area contributed by atoms with Crippen LogP contribution in [-0.2, 0) is 4.79 Å². The Bertz CT molecular complexity index is 75.5. The number of hydrogen-bond acceptors (Lipinski definition) is 3. The number of nitrogens with two attached hydrogens (primary N) is 1. The fourth-order valence-corrected chi connectivity index (χ4v) is 0.386. The second-order valence-corrected chi connectivity index (χ2v) is 1.76. The van der Waals surface area contributed by atoms with Gasteiger partial charge in [-0.3, -0.25) is 4.79 Å². The Labute approximate surface area is 62.2 Å². The number of ketones is 1. The number of carbonyl (C=O) groups excluding carboxylic acids is 1. The van der Waals surface area contributed by atoms with Gasteiger partial charge in [-0.25, -0.2) is 0 Å². The summed E-state index contributed by atoms with van der Waals surface area (Å²) >= 11 is 3.81. The second-order valence-electron chi connectivity index (χ2n) is 1.40. The van der Waals surface area contributed by atoms with Crippen LogP contribution in [-0.4, -0.2) is 17.6 Å². The van der Waals surface area contributed by atoms with Crippen molar-refractivity contribution in [1.29, 1.82) is 0 Å². The first-order valence-corrected chi connectivity index (χ1v) is 3.68. The lowest BCUT2D eigenvalue weighted by Crippen LogP contribution is -2.29. The standard InChI is InChI=1S/C4H9NOS.C2H6/c1-3(6)4(5)2-7;1-2/h4,7H,2,5H2,1H3;1-2H3. The van der Waals surface area contributed by atoms with Crippen molar-refractivity contribution in [2.75, 3.05) is 5.75 Å². The summed E-state index contributed by atoms with van der Waals surface area (Å²) < 4.78 is 0. The molecule has 0 rings (SSSR count). The molecule has 0 aromatic rings. The minimum absolute atomic E-state index is 0.00463. The van der Waals surface area contributed by atoms with Crippen molar-refractivity contribution in [3.05, 3.63) is 0 Å². The van der Waals surface area contributed by atoms with Gasteiger partial charge in [0.15, 0.2) is 0 Å². The molecule has 0 radical (unpaired) electrons. The zero-order chi connectivity index (χ0) is 7.86. The largest absolute Gasteiger partial charge is 0.321 e. The molecule has 2 nitrogen and oxygen atoms in total. The topological polar surface area (TPSA) is 43.1 Å². The lowest BCUT2D eigenvalue weighted by molar-refractivity contribution is -0.117. The zero-order valence-corrected chi connectivity index (χ0v) is 7.11. The molecule has 0 saturated heterocycles. The van der Waals surface area contributed by atoms with E-state index in [4.69, 9.17) is 5.73 Å². The summed E-state index contributed by atoms with van der Waals surface area (Å²) in [5.74, 6) is 0.435. The molecule has 0 aliphatic rings. The average Bonchev–Trinajstić information content (AvgIpc) is 1.91. The van der Waals surface area contributed by atoms with Crippen LogP contribution in [0.5, 0.6) is 0 Å². The van der Waals surface area contributed by atoms with Crippen LogP contribution in [0.25, 0.3) is 0 Å². The molecule has 0 heterocycles. The van der Waals surface area contributed by atoms with Crippen molar-refractivity contribution in [1.82, 2.24) is 0 Å². The van der Waals surface area contributed by atoms with Crippen molar-refractivity contribution in [2.45, 2.75) is 26.8 Å². The summed E-state index contributed by atoms with van der Waals surface area (Å²) in [4.78, 5) is 10.2. The van der Waals surface area contributed by atoms with E-state index in [1.54, 1.807) is 0 Å². The summed E-state index contributed by atoms with van der Waals surface area (Å²) in [6.45, 7) is 5.46. The van der Waals surface area contributed by atoms with Crippen molar-refractivity contribution in [2.24, 2.45) is 5.73 Å². The maximum Gasteiger partial charge on any atom is 0.147 e. The third-order valence-corrected chi connectivity index (χ3v) is 1.11. The Kier molecular flexibility index (Phi) is 10.4. The predicted octanol–water partition coefficient (Wildman–Crippen LogP) is 0.859. The molecule has 0 saturated carbocycles. The van der Waals surface area contributed by atoms with Gasteiger partial charge in [-0.2, -0.15) is 12.6 Å². The molecule has 0 aromatic carbocycles. The molecule has 0 aliphatic heterocycles. The third kappa shape index (κ3) is 7.98. The summed E-state index contributed by atoms with van der Waals surface area (Å²) in [5.41, 5.74) is 5.19. The lowest BCUT2D eigenvalue weighted by atomic mass is 10.3. The molecule has 1 unspecified atom stereocenters.